The Morgan fingerprint density at radius 1 is 1.65 bits per heavy atom. The number of halogens is 1. The van der Waals surface area contributed by atoms with E-state index in [2.05, 4.69) is 9.72 Å². The molecule has 1 aliphatic heterocycles. The molecular formula is C11H10ClN3O5. The highest BCUT2D eigenvalue weighted by atomic mass is 35.5. The summed E-state index contributed by atoms with van der Waals surface area (Å²) in [7, 11) is 1.22. The SMILES string of the molecule is COC(=O)C1CC(=O)N(c2cc(Cl)ncc2[N+](=O)[O-])C1. The molecular weight excluding hydrogens is 290 g/mol. The fourth-order valence-electron chi connectivity index (χ4n) is 2.03. The molecule has 1 amide bonds. The van der Waals surface area contributed by atoms with Crippen LogP contribution in [0, 0.1) is 16.0 Å². The average molecular weight is 300 g/mol. The molecule has 8 nitrogen and oxygen atoms in total. The number of nitro groups is 1. The number of hydrogen-bond donors (Lipinski definition) is 0. The molecule has 1 saturated heterocycles. The van der Waals surface area contributed by atoms with E-state index in [1.807, 2.05) is 0 Å². The lowest BCUT2D eigenvalue weighted by atomic mass is 10.1. The minimum atomic E-state index is -0.655. The highest BCUT2D eigenvalue weighted by Gasteiger charge is 2.38. The van der Waals surface area contributed by atoms with Gasteiger partial charge in [0.1, 0.15) is 17.0 Å². The lowest BCUT2D eigenvalue weighted by Gasteiger charge is -2.16. The number of esters is 1. The number of pyridine rings is 1. The van der Waals surface area contributed by atoms with E-state index in [0.29, 0.717) is 0 Å². The normalized spacial score (nSPS) is 18.2. The van der Waals surface area contributed by atoms with Gasteiger partial charge in [-0.15, -0.1) is 0 Å². The van der Waals surface area contributed by atoms with E-state index in [1.165, 1.54) is 13.2 Å². The molecule has 0 N–H and O–H groups in total. The first-order valence-electron chi connectivity index (χ1n) is 5.62. The Bertz CT molecular complexity index is 591. The summed E-state index contributed by atoms with van der Waals surface area (Å²) in [5.74, 6) is -1.56. The molecule has 20 heavy (non-hydrogen) atoms. The van der Waals surface area contributed by atoms with Crippen LogP contribution >= 0.6 is 11.6 Å². The van der Waals surface area contributed by atoms with Gasteiger partial charge in [0.15, 0.2) is 0 Å². The first-order valence-corrected chi connectivity index (χ1v) is 6.00. The number of carbonyl (C=O) groups excluding carboxylic acids is 2. The molecule has 0 radical (unpaired) electrons. The van der Waals surface area contributed by atoms with Gasteiger partial charge >= 0.3 is 11.7 Å². The van der Waals surface area contributed by atoms with Gasteiger partial charge in [0.2, 0.25) is 5.91 Å². The molecule has 0 aromatic carbocycles. The number of carbonyl (C=O) groups is 2. The predicted molar refractivity (Wildman–Crippen MR) is 68.4 cm³/mol. The summed E-state index contributed by atoms with van der Waals surface area (Å²) in [4.78, 5) is 38.5. The smallest absolute Gasteiger partial charge is 0.311 e. The largest absolute Gasteiger partial charge is 0.469 e. The molecule has 0 bridgehead atoms. The molecule has 1 aromatic rings. The fraction of sp³-hybridized carbons (Fsp3) is 0.364. The molecule has 0 saturated carbocycles. The van der Waals surface area contributed by atoms with E-state index >= 15 is 0 Å². The molecule has 0 aliphatic carbocycles. The Morgan fingerprint density at radius 2 is 2.35 bits per heavy atom. The van der Waals surface area contributed by atoms with Crippen molar-refractivity contribution in [3.8, 4) is 0 Å². The van der Waals surface area contributed by atoms with Crippen LogP contribution in [0.25, 0.3) is 0 Å². The number of ether oxygens (including phenoxy) is 1. The van der Waals surface area contributed by atoms with E-state index in [1.54, 1.807) is 0 Å². The Morgan fingerprint density at radius 3 is 2.95 bits per heavy atom. The van der Waals surface area contributed by atoms with Gasteiger partial charge in [0, 0.05) is 19.0 Å². The van der Waals surface area contributed by atoms with Crippen LogP contribution in [0.3, 0.4) is 0 Å². The summed E-state index contributed by atoms with van der Waals surface area (Å²) < 4.78 is 4.58. The van der Waals surface area contributed by atoms with Crippen molar-refractivity contribution in [2.45, 2.75) is 6.42 Å². The molecule has 1 unspecified atom stereocenters. The summed E-state index contributed by atoms with van der Waals surface area (Å²) >= 11 is 5.71. The van der Waals surface area contributed by atoms with Crippen LogP contribution in [0.1, 0.15) is 6.42 Å². The summed E-state index contributed by atoms with van der Waals surface area (Å²) in [6.07, 6.45) is 0.931. The second-order valence-electron chi connectivity index (χ2n) is 4.18. The third-order valence-corrected chi connectivity index (χ3v) is 3.18. The molecule has 1 aromatic heterocycles. The van der Waals surface area contributed by atoms with E-state index in [-0.39, 0.29) is 29.5 Å². The maximum absolute atomic E-state index is 11.9. The van der Waals surface area contributed by atoms with Crippen molar-refractivity contribution in [1.29, 1.82) is 0 Å². The lowest BCUT2D eigenvalue weighted by molar-refractivity contribution is -0.384. The van der Waals surface area contributed by atoms with Crippen molar-refractivity contribution >= 4 is 34.9 Å². The van der Waals surface area contributed by atoms with Gasteiger partial charge in [0.25, 0.3) is 0 Å². The molecule has 0 spiro atoms. The second-order valence-corrected chi connectivity index (χ2v) is 4.57. The maximum Gasteiger partial charge on any atom is 0.311 e. The van der Waals surface area contributed by atoms with Crippen LogP contribution < -0.4 is 4.90 Å². The van der Waals surface area contributed by atoms with Gasteiger partial charge in [-0.1, -0.05) is 11.6 Å². The van der Waals surface area contributed by atoms with Crippen LogP contribution in [0.4, 0.5) is 11.4 Å². The zero-order valence-corrected chi connectivity index (χ0v) is 11.2. The molecule has 1 atom stereocenters. The monoisotopic (exact) mass is 299 g/mol. The zero-order valence-electron chi connectivity index (χ0n) is 10.4. The van der Waals surface area contributed by atoms with Crippen LogP contribution in [0.15, 0.2) is 12.3 Å². The summed E-state index contributed by atoms with van der Waals surface area (Å²) in [6, 6.07) is 1.23. The highest BCUT2D eigenvalue weighted by Crippen LogP contribution is 2.34. The number of methoxy groups -OCH3 is 1. The van der Waals surface area contributed by atoms with Crippen molar-refractivity contribution < 1.29 is 19.2 Å². The van der Waals surface area contributed by atoms with Crippen molar-refractivity contribution in [3.63, 3.8) is 0 Å². The van der Waals surface area contributed by atoms with Crippen LogP contribution in [0.5, 0.6) is 0 Å². The number of nitrogens with zero attached hydrogens (tertiary/aromatic N) is 3. The maximum atomic E-state index is 11.9. The zero-order chi connectivity index (χ0) is 14.9. The lowest BCUT2D eigenvalue weighted by Crippen LogP contribution is -2.27. The summed E-state index contributed by atoms with van der Waals surface area (Å²) in [6.45, 7) is 0.0205. The quantitative estimate of drug-likeness (QED) is 0.359. The van der Waals surface area contributed by atoms with Crippen LogP contribution in [0.2, 0.25) is 5.15 Å². The third-order valence-electron chi connectivity index (χ3n) is 2.98. The first kappa shape index (κ1) is 14.2. The molecule has 2 heterocycles. The average Bonchev–Trinajstić information content (AvgIpc) is 2.79. The number of amides is 1. The van der Waals surface area contributed by atoms with Gasteiger partial charge in [-0.25, -0.2) is 4.98 Å². The predicted octanol–water partition coefficient (Wildman–Crippen LogP) is 1.17. The molecule has 1 aliphatic rings. The van der Waals surface area contributed by atoms with Gasteiger partial charge in [0.05, 0.1) is 18.0 Å². The fourth-order valence-corrected chi connectivity index (χ4v) is 2.19. The number of rotatable bonds is 3. The number of aromatic nitrogens is 1. The van der Waals surface area contributed by atoms with Gasteiger partial charge in [-0.3, -0.25) is 19.7 Å². The third kappa shape index (κ3) is 2.55. The summed E-state index contributed by atoms with van der Waals surface area (Å²) in [5, 5.41) is 11.0. The highest BCUT2D eigenvalue weighted by molar-refractivity contribution is 6.29. The van der Waals surface area contributed by atoms with E-state index < -0.39 is 22.7 Å². The van der Waals surface area contributed by atoms with Gasteiger partial charge in [-0.2, -0.15) is 0 Å². The molecule has 106 valence electrons. The molecule has 2 rings (SSSR count). The molecule has 1 fully saturated rings. The number of anilines is 1. The van der Waals surface area contributed by atoms with Crippen molar-refractivity contribution in [1.82, 2.24) is 4.98 Å². The van der Waals surface area contributed by atoms with Gasteiger partial charge < -0.3 is 9.64 Å². The minimum Gasteiger partial charge on any atom is -0.469 e. The second kappa shape index (κ2) is 5.41. The Hall–Kier alpha value is -2.22. The topological polar surface area (TPSA) is 103 Å². The molecule has 9 heteroatoms. The van der Waals surface area contributed by atoms with Gasteiger partial charge in [-0.05, 0) is 0 Å². The van der Waals surface area contributed by atoms with E-state index in [4.69, 9.17) is 11.6 Å². The van der Waals surface area contributed by atoms with Crippen molar-refractivity contribution in [2.75, 3.05) is 18.6 Å². The Labute approximate surface area is 118 Å². The van der Waals surface area contributed by atoms with Crippen molar-refractivity contribution in [2.24, 2.45) is 5.92 Å². The van der Waals surface area contributed by atoms with E-state index in [0.717, 1.165) is 11.1 Å². The van der Waals surface area contributed by atoms with Crippen LogP contribution in [-0.4, -0.2) is 35.4 Å². The van der Waals surface area contributed by atoms with Crippen LogP contribution in [-0.2, 0) is 14.3 Å². The minimum absolute atomic E-state index is 0.0205. The Balaban J connectivity index is 2.37. The van der Waals surface area contributed by atoms with E-state index in [9.17, 15) is 19.7 Å². The Kier molecular flexibility index (Phi) is 3.84. The number of hydrogen-bond acceptors (Lipinski definition) is 6. The van der Waals surface area contributed by atoms with Crippen molar-refractivity contribution in [3.05, 3.63) is 27.5 Å². The summed E-state index contributed by atoms with van der Waals surface area (Å²) in [5.41, 5.74) is -0.306. The first-order chi connectivity index (χ1) is 9.43. The standard InChI is InChI=1S/C11H10ClN3O5/c1-20-11(17)6-2-10(16)14(5-6)7-3-9(12)13-4-8(7)15(18)19/h3-4,6H,2,5H2,1H3.